The van der Waals surface area contributed by atoms with Crippen molar-refractivity contribution >= 4 is 22.7 Å². The second kappa shape index (κ2) is 10.7. The lowest BCUT2D eigenvalue weighted by atomic mass is 10.0. The van der Waals surface area contributed by atoms with Crippen molar-refractivity contribution in [1.82, 2.24) is 20.5 Å². The summed E-state index contributed by atoms with van der Waals surface area (Å²) < 4.78 is 0. The predicted octanol–water partition coefficient (Wildman–Crippen LogP) is 3.76. The number of carbonyl (C=O) groups excluding carboxylic acids is 2. The van der Waals surface area contributed by atoms with E-state index in [0.717, 1.165) is 41.7 Å². The number of hydrogen-bond acceptors (Lipinski definition) is 3. The predicted molar refractivity (Wildman–Crippen MR) is 132 cm³/mol. The molecule has 1 aliphatic rings. The number of carbonyl (C=O) groups is 2. The number of H-pyrrole nitrogens is 1. The van der Waals surface area contributed by atoms with Gasteiger partial charge in [-0.05, 0) is 48.7 Å². The highest BCUT2D eigenvalue weighted by molar-refractivity contribution is 5.90. The third kappa shape index (κ3) is 5.82. The standard InChI is InChI=1S/C27H34N4O2/c1-19(2)26(32)30-25(15-22-17-28-24-12-6-5-11-23(22)24)27(33)29-16-20-9-3-4-10-21(20)18-31-13-7-8-14-31/h3-6,9-12,17,19,25,28H,7-8,13-16,18H2,1-2H3,(H,29,33)(H,30,32). The number of benzene rings is 2. The lowest BCUT2D eigenvalue weighted by Gasteiger charge is -2.21. The Labute approximate surface area is 195 Å². The maximum Gasteiger partial charge on any atom is 0.243 e. The van der Waals surface area contributed by atoms with Gasteiger partial charge >= 0.3 is 0 Å². The molecule has 2 heterocycles. The van der Waals surface area contributed by atoms with Crippen LogP contribution in [-0.4, -0.2) is 40.8 Å². The number of hydrogen-bond donors (Lipinski definition) is 3. The van der Waals surface area contributed by atoms with Gasteiger partial charge in [0.2, 0.25) is 11.8 Å². The highest BCUT2D eigenvalue weighted by atomic mass is 16.2. The van der Waals surface area contributed by atoms with E-state index in [2.05, 4.69) is 38.7 Å². The Morgan fingerprint density at radius 1 is 0.939 bits per heavy atom. The molecule has 2 amide bonds. The van der Waals surface area contributed by atoms with Crippen LogP contribution in [0.3, 0.4) is 0 Å². The van der Waals surface area contributed by atoms with Gasteiger partial charge in [0.05, 0.1) is 0 Å². The lowest BCUT2D eigenvalue weighted by molar-refractivity contribution is -0.130. The molecule has 0 spiro atoms. The summed E-state index contributed by atoms with van der Waals surface area (Å²) in [6.07, 6.45) is 4.87. The summed E-state index contributed by atoms with van der Waals surface area (Å²) in [6.45, 7) is 7.30. The molecule has 1 aliphatic heterocycles. The summed E-state index contributed by atoms with van der Waals surface area (Å²) in [5, 5.41) is 7.12. The Bertz CT molecular complexity index is 1100. The fourth-order valence-electron chi connectivity index (χ4n) is 4.44. The van der Waals surface area contributed by atoms with Crippen LogP contribution >= 0.6 is 0 Å². The van der Waals surface area contributed by atoms with E-state index in [9.17, 15) is 9.59 Å². The topological polar surface area (TPSA) is 77.2 Å². The van der Waals surface area contributed by atoms with Crippen molar-refractivity contribution in [2.45, 2.75) is 52.2 Å². The molecule has 6 heteroatoms. The zero-order valence-corrected chi connectivity index (χ0v) is 19.6. The van der Waals surface area contributed by atoms with Crippen molar-refractivity contribution in [1.29, 1.82) is 0 Å². The molecule has 1 fully saturated rings. The zero-order chi connectivity index (χ0) is 23.2. The quantitative estimate of drug-likeness (QED) is 0.468. The first-order valence-corrected chi connectivity index (χ1v) is 11.9. The van der Waals surface area contributed by atoms with Crippen LogP contribution in [0, 0.1) is 5.92 Å². The van der Waals surface area contributed by atoms with Gasteiger partial charge in [-0.3, -0.25) is 14.5 Å². The van der Waals surface area contributed by atoms with E-state index in [-0.39, 0.29) is 17.7 Å². The van der Waals surface area contributed by atoms with Crippen LogP contribution in [0.15, 0.2) is 54.7 Å². The van der Waals surface area contributed by atoms with Crippen LogP contribution in [0.1, 0.15) is 43.4 Å². The van der Waals surface area contributed by atoms with Crippen molar-refractivity contribution in [3.8, 4) is 0 Å². The van der Waals surface area contributed by atoms with Crippen molar-refractivity contribution < 1.29 is 9.59 Å². The average molecular weight is 447 g/mol. The minimum Gasteiger partial charge on any atom is -0.361 e. The normalized spacial score (nSPS) is 15.1. The van der Waals surface area contributed by atoms with Crippen LogP contribution in [0.2, 0.25) is 0 Å². The lowest BCUT2D eigenvalue weighted by Crippen LogP contribution is -2.49. The van der Waals surface area contributed by atoms with Gasteiger partial charge in [-0.2, -0.15) is 0 Å². The first kappa shape index (κ1) is 23.1. The van der Waals surface area contributed by atoms with Crippen LogP contribution in [0.4, 0.5) is 0 Å². The minimum absolute atomic E-state index is 0.121. The van der Waals surface area contributed by atoms with Crippen LogP contribution in [0.5, 0.6) is 0 Å². The molecular formula is C27H34N4O2. The van der Waals surface area contributed by atoms with E-state index in [4.69, 9.17) is 0 Å². The summed E-state index contributed by atoms with van der Waals surface area (Å²) in [7, 11) is 0. The molecule has 0 saturated carbocycles. The van der Waals surface area contributed by atoms with Crippen molar-refractivity contribution in [3.63, 3.8) is 0 Å². The molecule has 0 bridgehead atoms. The Hall–Kier alpha value is -3.12. The van der Waals surface area contributed by atoms with E-state index in [1.165, 1.54) is 18.4 Å². The van der Waals surface area contributed by atoms with Crippen LogP contribution in [-0.2, 0) is 29.1 Å². The van der Waals surface area contributed by atoms with Crippen LogP contribution < -0.4 is 10.6 Å². The molecule has 0 radical (unpaired) electrons. The van der Waals surface area contributed by atoms with Crippen molar-refractivity contribution in [3.05, 3.63) is 71.4 Å². The minimum atomic E-state index is -0.634. The van der Waals surface area contributed by atoms with E-state index in [1.807, 2.05) is 50.4 Å². The number of aromatic nitrogens is 1. The number of amides is 2. The zero-order valence-electron chi connectivity index (χ0n) is 19.6. The summed E-state index contributed by atoms with van der Waals surface area (Å²) in [4.78, 5) is 31.4. The molecule has 3 N–H and O–H groups in total. The smallest absolute Gasteiger partial charge is 0.243 e. The summed E-state index contributed by atoms with van der Waals surface area (Å²) in [5.41, 5.74) is 4.42. The van der Waals surface area contributed by atoms with Gasteiger partial charge in [0, 0.05) is 42.5 Å². The second-order valence-electron chi connectivity index (χ2n) is 9.25. The third-order valence-electron chi connectivity index (χ3n) is 6.42. The molecule has 4 rings (SSSR count). The number of nitrogens with one attached hydrogen (secondary N) is 3. The van der Waals surface area contributed by atoms with E-state index in [1.54, 1.807) is 0 Å². The average Bonchev–Trinajstić information content (AvgIpc) is 3.48. The molecule has 3 aromatic rings. The molecular weight excluding hydrogens is 412 g/mol. The molecule has 0 aliphatic carbocycles. The Morgan fingerprint density at radius 3 is 2.39 bits per heavy atom. The van der Waals surface area contributed by atoms with Gasteiger partial charge in [0.1, 0.15) is 6.04 Å². The first-order valence-electron chi connectivity index (χ1n) is 11.9. The number of fused-ring (bicyclic) bond motifs is 1. The molecule has 1 unspecified atom stereocenters. The number of likely N-dealkylation sites (tertiary alicyclic amines) is 1. The van der Waals surface area contributed by atoms with Gasteiger partial charge in [0.15, 0.2) is 0 Å². The maximum atomic E-state index is 13.2. The van der Waals surface area contributed by atoms with E-state index in [0.29, 0.717) is 13.0 Å². The number of rotatable bonds is 9. The Balaban J connectivity index is 1.47. The van der Waals surface area contributed by atoms with Gasteiger partial charge in [-0.1, -0.05) is 56.3 Å². The molecule has 6 nitrogen and oxygen atoms in total. The monoisotopic (exact) mass is 446 g/mol. The van der Waals surface area contributed by atoms with Crippen molar-refractivity contribution in [2.75, 3.05) is 13.1 Å². The number of para-hydroxylation sites is 1. The van der Waals surface area contributed by atoms with E-state index < -0.39 is 6.04 Å². The molecule has 1 saturated heterocycles. The third-order valence-corrected chi connectivity index (χ3v) is 6.42. The van der Waals surface area contributed by atoms with E-state index >= 15 is 0 Å². The Kier molecular flexibility index (Phi) is 7.45. The molecule has 1 atom stereocenters. The second-order valence-corrected chi connectivity index (χ2v) is 9.25. The first-order chi connectivity index (χ1) is 16.0. The Morgan fingerprint density at radius 2 is 1.64 bits per heavy atom. The fourth-order valence-corrected chi connectivity index (χ4v) is 4.44. The van der Waals surface area contributed by atoms with Gasteiger partial charge in [0.25, 0.3) is 0 Å². The summed E-state index contributed by atoms with van der Waals surface area (Å²) >= 11 is 0. The molecule has 1 aromatic heterocycles. The highest BCUT2D eigenvalue weighted by Crippen LogP contribution is 2.20. The largest absolute Gasteiger partial charge is 0.361 e. The fraction of sp³-hybridized carbons (Fsp3) is 0.407. The van der Waals surface area contributed by atoms with Crippen molar-refractivity contribution in [2.24, 2.45) is 5.92 Å². The van der Waals surface area contributed by atoms with Crippen LogP contribution in [0.25, 0.3) is 10.9 Å². The number of aromatic amines is 1. The molecule has 2 aromatic carbocycles. The SMILES string of the molecule is CC(C)C(=O)NC(Cc1c[nH]c2ccccc12)C(=O)NCc1ccccc1CN1CCCC1. The van der Waals surface area contributed by atoms with Gasteiger partial charge < -0.3 is 15.6 Å². The molecule has 33 heavy (non-hydrogen) atoms. The summed E-state index contributed by atoms with van der Waals surface area (Å²) in [6, 6.07) is 15.7. The van der Waals surface area contributed by atoms with Gasteiger partial charge in [-0.25, -0.2) is 0 Å². The highest BCUT2D eigenvalue weighted by Gasteiger charge is 2.24. The summed E-state index contributed by atoms with van der Waals surface area (Å²) in [5.74, 6) is -0.473. The molecule has 174 valence electrons. The maximum absolute atomic E-state index is 13.2. The van der Waals surface area contributed by atoms with Gasteiger partial charge in [-0.15, -0.1) is 0 Å². The number of nitrogens with zero attached hydrogens (tertiary/aromatic N) is 1.